The largest absolute Gasteiger partial charge is 0.404 e. The van der Waals surface area contributed by atoms with Gasteiger partial charge in [-0.3, -0.25) is 9.78 Å². The second kappa shape index (κ2) is 8.19. The van der Waals surface area contributed by atoms with Gasteiger partial charge in [-0.2, -0.15) is 17.9 Å². The maximum absolute atomic E-state index is 12.9. The van der Waals surface area contributed by atoms with Gasteiger partial charge in [-0.05, 0) is 38.8 Å². The number of carbonyl (C=O) groups is 1. The van der Waals surface area contributed by atoms with Crippen LogP contribution >= 0.6 is 0 Å². The molecule has 1 amide bonds. The van der Waals surface area contributed by atoms with E-state index in [4.69, 9.17) is 0 Å². The molecule has 2 aromatic rings. The zero-order valence-electron chi connectivity index (χ0n) is 16.4. The number of nitrogens with zero attached hydrogens (tertiary/aromatic N) is 2. The first kappa shape index (κ1) is 23.1. The summed E-state index contributed by atoms with van der Waals surface area (Å²) in [6.45, 7) is 2.30. The molecule has 2 N–H and O–H groups in total. The van der Waals surface area contributed by atoms with Crippen molar-refractivity contribution in [3.8, 4) is 0 Å². The molecular formula is C18H19F5N4O3S. The molecule has 3 rings (SSSR count). The van der Waals surface area contributed by atoms with Gasteiger partial charge in [-0.15, -0.1) is 0 Å². The van der Waals surface area contributed by atoms with Gasteiger partial charge in [0.05, 0.1) is 0 Å². The Morgan fingerprint density at radius 2 is 1.97 bits per heavy atom. The highest BCUT2D eigenvalue weighted by molar-refractivity contribution is 7.89. The lowest BCUT2D eigenvalue weighted by Crippen LogP contribution is -2.43. The minimum Gasteiger partial charge on any atom is -0.339 e. The molecule has 170 valence electrons. The van der Waals surface area contributed by atoms with Crippen molar-refractivity contribution < 1.29 is 35.2 Å². The highest BCUT2D eigenvalue weighted by Gasteiger charge is 2.41. The van der Waals surface area contributed by atoms with Gasteiger partial charge in [-0.25, -0.2) is 17.2 Å². The molecule has 0 saturated heterocycles. The Labute approximate surface area is 174 Å². The van der Waals surface area contributed by atoms with Gasteiger partial charge >= 0.3 is 6.18 Å². The number of anilines is 1. The molecule has 0 saturated carbocycles. The molecule has 7 nitrogen and oxygen atoms in total. The quantitative estimate of drug-likeness (QED) is 0.637. The van der Waals surface area contributed by atoms with Crippen molar-refractivity contribution in [1.82, 2.24) is 14.3 Å². The average molecular weight is 466 g/mol. The topological polar surface area (TPSA) is 93.1 Å². The van der Waals surface area contributed by atoms with Crippen molar-refractivity contribution in [3.63, 3.8) is 0 Å². The summed E-state index contributed by atoms with van der Waals surface area (Å²) >= 11 is 0. The van der Waals surface area contributed by atoms with E-state index in [-0.39, 0.29) is 34.0 Å². The van der Waals surface area contributed by atoms with Crippen molar-refractivity contribution in [2.24, 2.45) is 0 Å². The molecule has 31 heavy (non-hydrogen) atoms. The molecule has 1 atom stereocenters. The van der Waals surface area contributed by atoms with Crippen LogP contribution < -0.4 is 10.0 Å². The van der Waals surface area contributed by atoms with E-state index < -0.39 is 40.3 Å². The third kappa shape index (κ3) is 4.56. The number of rotatable bonds is 6. The fourth-order valence-corrected chi connectivity index (χ4v) is 5.27. The maximum atomic E-state index is 12.9. The number of hydrogen-bond donors (Lipinski definition) is 2. The smallest absolute Gasteiger partial charge is 0.339 e. The van der Waals surface area contributed by atoms with Crippen molar-refractivity contribution in [3.05, 3.63) is 41.0 Å². The molecule has 0 aliphatic carbocycles. The Kier molecular flexibility index (Phi) is 6.11. The Bertz CT molecular complexity index is 1110. The van der Waals surface area contributed by atoms with Gasteiger partial charge in [0.2, 0.25) is 10.0 Å². The van der Waals surface area contributed by atoms with Crippen LogP contribution in [0.15, 0.2) is 23.2 Å². The van der Waals surface area contributed by atoms with E-state index in [0.29, 0.717) is 19.9 Å². The zero-order valence-corrected chi connectivity index (χ0v) is 17.2. The summed E-state index contributed by atoms with van der Waals surface area (Å²) in [7, 11) is -4.58. The van der Waals surface area contributed by atoms with Crippen LogP contribution in [0.4, 0.5) is 27.6 Å². The van der Waals surface area contributed by atoms with E-state index in [1.165, 1.54) is 17.6 Å². The number of alkyl halides is 5. The van der Waals surface area contributed by atoms with E-state index in [0.717, 1.165) is 12.3 Å². The summed E-state index contributed by atoms with van der Waals surface area (Å²) in [5, 5.41) is 2.43. The fourth-order valence-electron chi connectivity index (χ4n) is 3.53. The van der Waals surface area contributed by atoms with Gasteiger partial charge in [0.15, 0.2) is 0 Å². The second-order valence-electron chi connectivity index (χ2n) is 7.11. The molecule has 3 heterocycles. The van der Waals surface area contributed by atoms with E-state index >= 15 is 0 Å². The van der Waals surface area contributed by atoms with Gasteiger partial charge in [0.1, 0.15) is 22.3 Å². The highest BCUT2D eigenvalue weighted by atomic mass is 32.2. The standard InChI is InChI=1S/C18H19F5N4O3S/c1-9-14(17(28)25-11-5-6-24-12(8-11)16(19)20)27-7-3-4-13(27)15(9)31(29,30)26-10(2)18(21,22)23/h5-6,8,10,16,26H,3-4,7H2,1-2H3,(H,24,25,28). The molecule has 13 heteroatoms. The van der Waals surface area contributed by atoms with Crippen LogP contribution in [0, 0.1) is 6.92 Å². The maximum Gasteiger partial charge on any atom is 0.404 e. The Balaban J connectivity index is 1.98. The van der Waals surface area contributed by atoms with Crippen molar-refractivity contribution >= 4 is 21.6 Å². The van der Waals surface area contributed by atoms with Crippen LogP contribution in [0.3, 0.4) is 0 Å². The van der Waals surface area contributed by atoms with E-state index in [9.17, 15) is 35.2 Å². The summed E-state index contributed by atoms with van der Waals surface area (Å²) in [6.07, 6.45) is -5.79. The predicted octanol–water partition coefficient (Wildman–Crippen LogP) is 3.56. The predicted molar refractivity (Wildman–Crippen MR) is 100 cm³/mol. The fraction of sp³-hybridized carbons (Fsp3) is 0.444. The molecular weight excluding hydrogens is 447 g/mol. The Morgan fingerprint density at radius 3 is 2.58 bits per heavy atom. The number of carbonyl (C=O) groups excluding carboxylic acids is 1. The number of pyridine rings is 1. The van der Waals surface area contributed by atoms with E-state index in [1.807, 2.05) is 0 Å². The van der Waals surface area contributed by atoms with Gasteiger partial charge in [0.25, 0.3) is 12.3 Å². The van der Waals surface area contributed by atoms with Crippen molar-refractivity contribution in [2.75, 3.05) is 5.32 Å². The van der Waals surface area contributed by atoms with Gasteiger partial charge in [-0.1, -0.05) is 0 Å². The average Bonchev–Trinajstić information content (AvgIpc) is 3.19. The van der Waals surface area contributed by atoms with Crippen LogP contribution in [0.5, 0.6) is 0 Å². The Hall–Kier alpha value is -2.54. The summed E-state index contributed by atoms with van der Waals surface area (Å²) < 4.78 is 92.8. The molecule has 0 radical (unpaired) electrons. The van der Waals surface area contributed by atoms with Crippen LogP contribution in [0.1, 0.15) is 47.2 Å². The third-order valence-electron chi connectivity index (χ3n) is 4.92. The molecule has 0 aromatic carbocycles. The lowest BCUT2D eigenvalue weighted by Gasteiger charge is -2.17. The summed E-state index contributed by atoms with van der Waals surface area (Å²) in [4.78, 5) is 16.0. The van der Waals surface area contributed by atoms with Crippen LogP contribution in [0.25, 0.3) is 0 Å². The molecule has 1 unspecified atom stereocenters. The minimum atomic E-state index is -4.78. The zero-order chi connectivity index (χ0) is 23.1. The minimum absolute atomic E-state index is 0.0165. The molecule has 0 fully saturated rings. The normalized spacial score (nSPS) is 15.2. The summed E-state index contributed by atoms with van der Waals surface area (Å²) in [5.41, 5.74) is -0.368. The van der Waals surface area contributed by atoms with Gasteiger partial charge < -0.3 is 9.88 Å². The van der Waals surface area contributed by atoms with Crippen molar-refractivity contribution in [1.29, 1.82) is 0 Å². The first-order valence-corrected chi connectivity index (χ1v) is 10.7. The lowest BCUT2D eigenvalue weighted by atomic mass is 10.2. The number of fused-ring (bicyclic) bond motifs is 1. The molecule has 1 aliphatic heterocycles. The second-order valence-corrected chi connectivity index (χ2v) is 8.76. The number of amides is 1. The first-order valence-electron chi connectivity index (χ1n) is 9.19. The third-order valence-corrected chi connectivity index (χ3v) is 6.66. The molecule has 2 aromatic heterocycles. The first-order chi connectivity index (χ1) is 14.3. The molecule has 0 bridgehead atoms. The summed E-state index contributed by atoms with van der Waals surface area (Å²) in [5.74, 6) is -0.766. The number of nitrogens with one attached hydrogen (secondary N) is 2. The number of aromatic nitrogens is 2. The van der Waals surface area contributed by atoms with E-state index in [2.05, 4.69) is 10.3 Å². The van der Waals surface area contributed by atoms with Crippen LogP contribution in [-0.4, -0.2) is 36.1 Å². The number of hydrogen-bond acceptors (Lipinski definition) is 4. The number of halogens is 5. The molecule has 1 aliphatic rings. The summed E-state index contributed by atoms with van der Waals surface area (Å²) in [6, 6.07) is -0.0525. The Morgan fingerprint density at radius 1 is 1.29 bits per heavy atom. The SMILES string of the molecule is Cc1c(S(=O)(=O)NC(C)C(F)(F)F)c2n(c1C(=O)Nc1ccnc(C(F)F)c1)CCC2. The van der Waals surface area contributed by atoms with Crippen LogP contribution in [-0.2, 0) is 23.0 Å². The lowest BCUT2D eigenvalue weighted by molar-refractivity contribution is -0.147. The van der Waals surface area contributed by atoms with Crippen LogP contribution in [0.2, 0.25) is 0 Å². The van der Waals surface area contributed by atoms with Gasteiger partial charge in [0, 0.05) is 29.7 Å². The highest BCUT2D eigenvalue weighted by Crippen LogP contribution is 2.34. The number of sulfonamides is 1. The monoisotopic (exact) mass is 466 g/mol. The van der Waals surface area contributed by atoms with E-state index in [1.54, 1.807) is 4.72 Å². The molecule has 0 spiro atoms. The van der Waals surface area contributed by atoms with Crippen molar-refractivity contribution in [2.45, 2.75) is 56.8 Å².